The molecule has 0 bridgehead atoms. The maximum atomic E-state index is 12.5. The van der Waals surface area contributed by atoms with Crippen LogP contribution < -0.4 is 16.7 Å². The Morgan fingerprint density at radius 1 is 1.33 bits per heavy atom. The number of nitrogens with zero attached hydrogens (tertiary/aromatic N) is 2. The first-order valence-electron chi connectivity index (χ1n) is 7.65. The van der Waals surface area contributed by atoms with Crippen LogP contribution in [0.4, 0.5) is 0 Å². The highest BCUT2D eigenvalue weighted by molar-refractivity contribution is 7.80. The Kier molecular flexibility index (Phi) is 5.36. The molecule has 1 atom stereocenters. The number of nitrogens with one attached hydrogen (secondary N) is 2. The van der Waals surface area contributed by atoms with Crippen molar-refractivity contribution in [2.45, 2.75) is 6.10 Å². The lowest BCUT2D eigenvalue weighted by atomic mass is 10.0. The summed E-state index contributed by atoms with van der Waals surface area (Å²) in [5.74, 6) is -0.169. The van der Waals surface area contributed by atoms with Crippen molar-refractivity contribution in [2.75, 3.05) is 0 Å². The van der Waals surface area contributed by atoms with Gasteiger partial charge in [-0.1, -0.05) is 29.8 Å². The molecule has 3 rings (SSSR count). The molecule has 1 aromatic heterocycles. The minimum atomic E-state index is -1.47. The normalized spacial score (nSPS) is 12.7. The summed E-state index contributed by atoms with van der Waals surface area (Å²) in [5.41, 5.74) is 7.79. The number of aliphatic hydroxyl groups excluding tert-OH is 1. The standard InChI is InChI=1S/C17H14ClN5O3S/c18-8-5-6-10-11(7-8)21-16(26)14(20-10)13(22-23-17(19)27)15(25)9-3-1-2-4-12(9)24/h1-7,15,24-25H,(H,21,26)(H3,19,23,27)/b22-13+/t15-/m0/s1. The molecule has 2 aromatic carbocycles. The third-order valence-electron chi connectivity index (χ3n) is 3.67. The Morgan fingerprint density at radius 2 is 2.07 bits per heavy atom. The van der Waals surface area contributed by atoms with E-state index in [1.165, 1.54) is 12.1 Å². The number of phenols is 1. The molecule has 0 aliphatic heterocycles. The lowest BCUT2D eigenvalue weighted by molar-refractivity contribution is 0.241. The van der Waals surface area contributed by atoms with E-state index in [-0.39, 0.29) is 27.8 Å². The van der Waals surface area contributed by atoms with E-state index in [0.29, 0.717) is 16.1 Å². The molecule has 0 unspecified atom stereocenters. The molecular weight excluding hydrogens is 390 g/mol. The number of hydrazone groups is 1. The number of halogens is 1. The number of H-pyrrole nitrogens is 1. The number of benzene rings is 2. The average molecular weight is 404 g/mol. The van der Waals surface area contributed by atoms with Gasteiger partial charge in [0.25, 0.3) is 5.56 Å². The van der Waals surface area contributed by atoms with Crippen molar-refractivity contribution in [3.63, 3.8) is 0 Å². The van der Waals surface area contributed by atoms with Gasteiger partial charge in [0.05, 0.1) is 11.0 Å². The van der Waals surface area contributed by atoms with Gasteiger partial charge in [-0.25, -0.2) is 4.98 Å². The number of aromatic nitrogens is 2. The Labute approximate surface area is 163 Å². The van der Waals surface area contributed by atoms with Crippen LogP contribution in [0.2, 0.25) is 5.02 Å². The van der Waals surface area contributed by atoms with Gasteiger partial charge in [-0.2, -0.15) is 5.10 Å². The lowest BCUT2D eigenvalue weighted by Gasteiger charge is -2.15. The highest BCUT2D eigenvalue weighted by Crippen LogP contribution is 2.26. The van der Waals surface area contributed by atoms with Crippen LogP contribution in [0, 0.1) is 0 Å². The van der Waals surface area contributed by atoms with Gasteiger partial charge in [-0.15, -0.1) is 0 Å². The van der Waals surface area contributed by atoms with Gasteiger partial charge in [-0.3, -0.25) is 10.2 Å². The molecule has 0 aliphatic carbocycles. The minimum Gasteiger partial charge on any atom is -0.508 e. The number of nitrogens with two attached hydrogens (primary N) is 1. The summed E-state index contributed by atoms with van der Waals surface area (Å²) in [6, 6.07) is 10.9. The molecule has 0 radical (unpaired) electrons. The van der Waals surface area contributed by atoms with Crippen molar-refractivity contribution in [3.8, 4) is 5.75 Å². The summed E-state index contributed by atoms with van der Waals surface area (Å²) in [5, 5.41) is 25.0. The topological polar surface area (TPSA) is 137 Å². The second-order valence-corrected chi connectivity index (χ2v) is 6.39. The number of aromatic hydroxyl groups is 1. The molecule has 138 valence electrons. The first-order valence-corrected chi connectivity index (χ1v) is 8.44. The summed E-state index contributed by atoms with van der Waals surface area (Å²) < 4.78 is 0. The number of rotatable bonds is 4. The fraction of sp³-hybridized carbons (Fsp3) is 0.0588. The van der Waals surface area contributed by atoms with Crippen molar-refractivity contribution in [3.05, 3.63) is 69.1 Å². The molecule has 10 heteroatoms. The second kappa shape index (κ2) is 7.70. The zero-order chi connectivity index (χ0) is 19.6. The van der Waals surface area contributed by atoms with Crippen LogP contribution in [0.5, 0.6) is 5.75 Å². The van der Waals surface area contributed by atoms with Crippen molar-refractivity contribution in [1.82, 2.24) is 15.4 Å². The molecule has 1 heterocycles. The zero-order valence-electron chi connectivity index (χ0n) is 13.7. The third kappa shape index (κ3) is 4.05. The summed E-state index contributed by atoms with van der Waals surface area (Å²) >= 11 is 10.7. The molecule has 0 amide bonds. The van der Waals surface area contributed by atoms with E-state index in [1.54, 1.807) is 30.3 Å². The van der Waals surface area contributed by atoms with Crippen LogP contribution in [-0.4, -0.2) is 31.0 Å². The molecule has 0 fully saturated rings. The Bertz CT molecular complexity index is 1120. The average Bonchev–Trinajstić information content (AvgIpc) is 2.62. The number of hydrogen-bond donors (Lipinski definition) is 5. The second-order valence-electron chi connectivity index (χ2n) is 5.51. The van der Waals surface area contributed by atoms with Gasteiger partial charge in [-0.05, 0) is 36.5 Å². The van der Waals surface area contributed by atoms with Gasteiger partial charge in [0.15, 0.2) is 10.8 Å². The maximum absolute atomic E-state index is 12.5. The predicted molar refractivity (Wildman–Crippen MR) is 107 cm³/mol. The van der Waals surface area contributed by atoms with E-state index in [1.807, 2.05) is 0 Å². The Morgan fingerprint density at radius 3 is 2.78 bits per heavy atom. The summed E-state index contributed by atoms with van der Waals surface area (Å²) in [4.78, 5) is 19.5. The zero-order valence-corrected chi connectivity index (χ0v) is 15.3. The number of phenolic OH excluding ortho intramolecular Hbond substituents is 1. The van der Waals surface area contributed by atoms with E-state index in [2.05, 4.69) is 20.5 Å². The van der Waals surface area contributed by atoms with Gasteiger partial charge in [0.2, 0.25) is 0 Å². The number of thiocarbonyl (C=S) groups is 1. The minimum absolute atomic E-state index is 0.137. The molecule has 8 nitrogen and oxygen atoms in total. The van der Waals surface area contributed by atoms with Crippen molar-refractivity contribution in [2.24, 2.45) is 10.8 Å². The summed E-state index contributed by atoms with van der Waals surface area (Å²) in [6.07, 6.45) is -1.47. The van der Waals surface area contributed by atoms with Gasteiger partial charge in [0, 0.05) is 10.6 Å². The maximum Gasteiger partial charge on any atom is 0.276 e. The number of aliphatic hydroxyl groups is 1. The third-order valence-corrected chi connectivity index (χ3v) is 4.00. The smallest absolute Gasteiger partial charge is 0.276 e. The number of aromatic amines is 1. The Hall–Kier alpha value is -3.01. The predicted octanol–water partition coefficient (Wildman–Crippen LogP) is 1.55. The van der Waals surface area contributed by atoms with E-state index < -0.39 is 11.7 Å². The SMILES string of the molecule is NC(=S)N/N=C(\c1nc2ccc(Cl)cc2[nH]c1=O)[C@@H](O)c1ccccc1O. The fourth-order valence-corrected chi connectivity index (χ4v) is 2.67. The number of hydrogen-bond acceptors (Lipinski definition) is 6. The van der Waals surface area contributed by atoms with Crippen LogP contribution in [0.25, 0.3) is 11.0 Å². The largest absolute Gasteiger partial charge is 0.508 e. The lowest BCUT2D eigenvalue weighted by Crippen LogP contribution is -2.31. The molecular formula is C17H14ClN5O3S. The molecule has 27 heavy (non-hydrogen) atoms. The highest BCUT2D eigenvalue weighted by Gasteiger charge is 2.24. The molecule has 0 spiro atoms. The van der Waals surface area contributed by atoms with E-state index >= 15 is 0 Å². The summed E-state index contributed by atoms with van der Waals surface area (Å²) in [6.45, 7) is 0. The van der Waals surface area contributed by atoms with Gasteiger partial charge in [0.1, 0.15) is 17.6 Å². The Balaban J connectivity index is 2.18. The molecule has 0 saturated carbocycles. The molecule has 6 N–H and O–H groups in total. The van der Waals surface area contributed by atoms with E-state index in [4.69, 9.17) is 29.6 Å². The highest BCUT2D eigenvalue weighted by atomic mass is 35.5. The first-order chi connectivity index (χ1) is 12.9. The number of para-hydroxylation sites is 1. The van der Waals surface area contributed by atoms with Crippen molar-refractivity contribution < 1.29 is 10.2 Å². The van der Waals surface area contributed by atoms with Crippen LogP contribution >= 0.6 is 23.8 Å². The van der Waals surface area contributed by atoms with E-state index in [9.17, 15) is 15.0 Å². The quantitative estimate of drug-likeness (QED) is 0.253. The van der Waals surface area contributed by atoms with Gasteiger partial charge < -0.3 is 20.9 Å². The van der Waals surface area contributed by atoms with Crippen LogP contribution in [0.3, 0.4) is 0 Å². The van der Waals surface area contributed by atoms with Crippen molar-refractivity contribution >= 4 is 45.7 Å². The van der Waals surface area contributed by atoms with Crippen LogP contribution in [0.15, 0.2) is 52.4 Å². The summed E-state index contributed by atoms with van der Waals surface area (Å²) in [7, 11) is 0. The number of fused-ring (bicyclic) bond motifs is 1. The van der Waals surface area contributed by atoms with Gasteiger partial charge >= 0.3 is 0 Å². The van der Waals surface area contributed by atoms with Crippen LogP contribution in [0.1, 0.15) is 17.4 Å². The first kappa shape index (κ1) is 18.8. The molecule has 3 aromatic rings. The monoisotopic (exact) mass is 403 g/mol. The molecule has 0 aliphatic rings. The van der Waals surface area contributed by atoms with Crippen LogP contribution in [-0.2, 0) is 0 Å². The van der Waals surface area contributed by atoms with Crippen molar-refractivity contribution in [1.29, 1.82) is 0 Å². The molecule has 0 saturated heterocycles. The van der Waals surface area contributed by atoms with E-state index in [0.717, 1.165) is 0 Å². The fourth-order valence-electron chi connectivity index (χ4n) is 2.46.